The summed E-state index contributed by atoms with van der Waals surface area (Å²) in [7, 11) is 0. The SMILES string of the molecule is CSc1nc(C)c(C(=O)Nc2ccccc2)c(-c2ccc(Br)cc2)c1C#N. The third kappa shape index (κ3) is 4.05. The first-order chi connectivity index (χ1) is 13.0. The summed E-state index contributed by atoms with van der Waals surface area (Å²) in [5, 5.41) is 13.3. The van der Waals surface area contributed by atoms with Crippen LogP contribution in [0.4, 0.5) is 5.69 Å². The van der Waals surface area contributed by atoms with Crippen molar-refractivity contribution < 1.29 is 4.79 Å². The number of aryl methyl sites for hydroxylation is 1. The minimum absolute atomic E-state index is 0.284. The molecule has 0 radical (unpaired) electrons. The topological polar surface area (TPSA) is 65.8 Å². The fourth-order valence-corrected chi connectivity index (χ4v) is 3.67. The van der Waals surface area contributed by atoms with E-state index in [1.54, 1.807) is 6.92 Å². The summed E-state index contributed by atoms with van der Waals surface area (Å²) in [5.74, 6) is -0.284. The number of benzene rings is 2. The molecule has 6 heteroatoms. The van der Waals surface area contributed by atoms with Crippen molar-refractivity contribution in [2.75, 3.05) is 11.6 Å². The van der Waals surface area contributed by atoms with Crippen molar-refractivity contribution in [1.29, 1.82) is 5.26 Å². The van der Waals surface area contributed by atoms with E-state index in [-0.39, 0.29) is 5.91 Å². The van der Waals surface area contributed by atoms with Gasteiger partial charge in [-0.25, -0.2) is 4.98 Å². The molecule has 3 rings (SSSR count). The first-order valence-corrected chi connectivity index (χ1v) is 10.2. The van der Waals surface area contributed by atoms with Crippen molar-refractivity contribution in [2.45, 2.75) is 11.9 Å². The molecule has 1 heterocycles. The number of anilines is 1. The number of nitriles is 1. The zero-order valence-corrected chi connectivity index (χ0v) is 17.2. The predicted octanol–water partition coefficient (Wildman–Crippen LogP) is 5.67. The van der Waals surface area contributed by atoms with E-state index in [1.165, 1.54) is 11.8 Å². The van der Waals surface area contributed by atoms with Crippen molar-refractivity contribution in [3.05, 3.63) is 75.9 Å². The van der Waals surface area contributed by atoms with Crippen LogP contribution in [-0.2, 0) is 0 Å². The Morgan fingerprint density at radius 1 is 1.15 bits per heavy atom. The Morgan fingerprint density at radius 2 is 1.81 bits per heavy atom. The Hall–Kier alpha value is -2.62. The summed E-state index contributed by atoms with van der Waals surface area (Å²) in [6.45, 7) is 1.79. The highest BCUT2D eigenvalue weighted by atomic mass is 79.9. The van der Waals surface area contributed by atoms with Gasteiger partial charge in [0.25, 0.3) is 5.91 Å². The molecule has 0 atom stereocenters. The van der Waals surface area contributed by atoms with Crippen molar-refractivity contribution in [3.63, 3.8) is 0 Å². The summed E-state index contributed by atoms with van der Waals surface area (Å²) in [6, 6.07) is 19.0. The van der Waals surface area contributed by atoms with Crippen molar-refractivity contribution in [1.82, 2.24) is 4.98 Å². The highest BCUT2D eigenvalue weighted by Gasteiger charge is 2.23. The van der Waals surface area contributed by atoms with Gasteiger partial charge in [0.05, 0.1) is 16.8 Å². The molecule has 0 aliphatic carbocycles. The lowest BCUT2D eigenvalue weighted by atomic mass is 9.94. The van der Waals surface area contributed by atoms with Crippen LogP contribution in [0.5, 0.6) is 0 Å². The zero-order chi connectivity index (χ0) is 19.4. The van der Waals surface area contributed by atoms with Crippen molar-refractivity contribution >= 4 is 39.3 Å². The van der Waals surface area contributed by atoms with E-state index in [1.807, 2.05) is 60.9 Å². The Kier molecular flexibility index (Phi) is 5.94. The molecule has 0 fully saturated rings. The van der Waals surface area contributed by atoms with Gasteiger partial charge in [0.1, 0.15) is 11.1 Å². The number of pyridine rings is 1. The lowest BCUT2D eigenvalue weighted by Crippen LogP contribution is -2.17. The minimum atomic E-state index is -0.284. The molecule has 2 aromatic carbocycles. The fourth-order valence-electron chi connectivity index (χ4n) is 2.83. The van der Waals surface area contributed by atoms with Gasteiger partial charge in [-0.1, -0.05) is 46.3 Å². The normalized spacial score (nSPS) is 10.3. The van der Waals surface area contributed by atoms with Crippen molar-refractivity contribution in [2.24, 2.45) is 0 Å². The van der Waals surface area contributed by atoms with E-state index in [4.69, 9.17) is 0 Å². The number of para-hydroxylation sites is 1. The summed E-state index contributed by atoms with van der Waals surface area (Å²) >= 11 is 4.82. The van der Waals surface area contributed by atoms with E-state index in [2.05, 4.69) is 32.3 Å². The second-order valence-corrected chi connectivity index (χ2v) is 7.48. The smallest absolute Gasteiger partial charge is 0.258 e. The van der Waals surface area contributed by atoms with Gasteiger partial charge in [0.15, 0.2) is 0 Å². The largest absolute Gasteiger partial charge is 0.322 e. The van der Waals surface area contributed by atoms with Gasteiger partial charge in [-0.3, -0.25) is 4.79 Å². The Labute approximate surface area is 170 Å². The molecule has 0 unspecified atom stereocenters. The first-order valence-electron chi connectivity index (χ1n) is 8.16. The lowest BCUT2D eigenvalue weighted by molar-refractivity contribution is 0.102. The number of halogens is 1. The third-order valence-corrected chi connectivity index (χ3v) is 5.25. The lowest BCUT2D eigenvalue weighted by Gasteiger charge is -2.16. The van der Waals surface area contributed by atoms with Crippen LogP contribution >= 0.6 is 27.7 Å². The first kappa shape index (κ1) is 19.2. The summed E-state index contributed by atoms with van der Waals surface area (Å²) in [6.07, 6.45) is 1.87. The van der Waals surface area contributed by atoms with Crippen LogP contribution in [0.1, 0.15) is 21.6 Å². The van der Waals surface area contributed by atoms with E-state index in [0.29, 0.717) is 33.1 Å². The molecule has 0 saturated carbocycles. The van der Waals surface area contributed by atoms with Gasteiger partial charge >= 0.3 is 0 Å². The summed E-state index contributed by atoms with van der Waals surface area (Å²) in [4.78, 5) is 17.6. The van der Waals surface area contributed by atoms with Gasteiger partial charge in [-0.2, -0.15) is 5.26 Å². The molecule has 134 valence electrons. The van der Waals surface area contributed by atoms with Crippen LogP contribution in [0.2, 0.25) is 0 Å². The average Bonchev–Trinajstić information content (AvgIpc) is 2.68. The number of hydrogen-bond donors (Lipinski definition) is 1. The molecule has 0 spiro atoms. The van der Waals surface area contributed by atoms with Gasteiger partial charge in [0.2, 0.25) is 0 Å². The van der Waals surface area contributed by atoms with Crippen LogP contribution in [0.15, 0.2) is 64.1 Å². The van der Waals surface area contributed by atoms with E-state index < -0.39 is 0 Å². The summed E-state index contributed by atoms with van der Waals surface area (Å²) in [5.41, 5.74) is 3.51. The number of carbonyl (C=O) groups is 1. The van der Waals surface area contributed by atoms with Crippen molar-refractivity contribution in [3.8, 4) is 17.2 Å². The molecule has 1 aromatic heterocycles. The molecule has 0 saturated heterocycles. The molecule has 0 aliphatic heterocycles. The van der Waals surface area contributed by atoms with Gasteiger partial charge in [-0.05, 0) is 43.0 Å². The van der Waals surface area contributed by atoms with Crippen LogP contribution in [0.25, 0.3) is 11.1 Å². The summed E-state index contributed by atoms with van der Waals surface area (Å²) < 4.78 is 0.927. The Morgan fingerprint density at radius 3 is 2.41 bits per heavy atom. The van der Waals surface area contributed by atoms with E-state index in [0.717, 1.165) is 10.0 Å². The maximum absolute atomic E-state index is 13.1. The van der Waals surface area contributed by atoms with Crippen LogP contribution in [0, 0.1) is 18.3 Å². The van der Waals surface area contributed by atoms with Crippen LogP contribution in [-0.4, -0.2) is 17.1 Å². The zero-order valence-electron chi connectivity index (χ0n) is 14.8. The number of carbonyl (C=O) groups excluding carboxylic acids is 1. The average molecular weight is 438 g/mol. The monoisotopic (exact) mass is 437 g/mol. The molecule has 3 aromatic rings. The number of amides is 1. The predicted molar refractivity (Wildman–Crippen MR) is 113 cm³/mol. The van der Waals surface area contributed by atoms with Crippen LogP contribution in [0.3, 0.4) is 0 Å². The minimum Gasteiger partial charge on any atom is -0.322 e. The Balaban J connectivity index is 2.21. The molecule has 0 bridgehead atoms. The van der Waals surface area contributed by atoms with Gasteiger partial charge in [-0.15, -0.1) is 11.8 Å². The highest BCUT2D eigenvalue weighted by Crippen LogP contribution is 2.35. The molecular formula is C21H16BrN3OS. The number of aromatic nitrogens is 1. The highest BCUT2D eigenvalue weighted by molar-refractivity contribution is 9.10. The van der Waals surface area contributed by atoms with Crippen LogP contribution < -0.4 is 5.32 Å². The fraction of sp³-hybridized carbons (Fsp3) is 0.0952. The van der Waals surface area contributed by atoms with Gasteiger partial charge in [0, 0.05) is 15.7 Å². The number of nitrogens with zero attached hydrogens (tertiary/aromatic N) is 2. The third-order valence-electron chi connectivity index (χ3n) is 4.04. The quantitative estimate of drug-likeness (QED) is 0.534. The number of nitrogens with one attached hydrogen (secondary N) is 1. The molecule has 4 nitrogen and oxygen atoms in total. The second-order valence-electron chi connectivity index (χ2n) is 5.77. The number of hydrogen-bond acceptors (Lipinski definition) is 4. The van der Waals surface area contributed by atoms with Gasteiger partial charge < -0.3 is 5.32 Å². The molecule has 1 N–H and O–H groups in total. The standard InChI is InChI=1S/C21H16BrN3OS/c1-13-18(20(26)25-16-6-4-3-5-7-16)19(14-8-10-15(22)11-9-14)17(12-23)21(24-13)27-2/h3-11H,1-2H3,(H,25,26). The number of rotatable bonds is 4. The Bertz CT molecular complexity index is 1030. The molecule has 1 amide bonds. The number of thioether (sulfide) groups is 1. The maximum Gasteiger partial charge on any atom is 0.258 e. The molecule has 27 heavy (non-hydrogen) atoms. The van der Waals surface area contributed by atoms with E-state index in [9.17, 15) is 10.1 Å². The second kappa shape index (κ2) is 8.38. The van der Waals surface area contributed by atoms with E-state index >= 15 is 0 Å². The maximum atomic E-state index is 13.1. The molecular weight excluding hydrogens is 422 g/mol. The molecule has 0 aliphatic rings.